The van der Waals surface area contributed by atoms with Crippen molar-refractivity contribution in [2.45, 2.75) is 43.8 Å². The van der Waals surface area contributed by atoms with E-state index in [1.807, 2.05) is 0 Å². The maximum atomic E-state index is 13.3. The van der Waals surface area contributed by atoms with Crippen molar-refractivity contribution in [3.63, 3.8) is 0 Å². The Morgan fingerprint density at radius 3 is 3.00 bits per heavy atom. The van der Waals surface area contributed by atoms with E-state index in [2.05, 4.69) is 18.0 Å². The van der Waals surface area contributed by atoms with E-state index in [0.29, 0.717) is 23.0 Å². The molecule has 2 heterocycles. The molecule has 1 amide bonds. The molecule has 0 spiro atoms. The lowest BCUT2D eigenvalue weighted by molar-refractivity contribution is -0.113. The monoisotopic (exact) mass is 450 g/mol. The van der Waals surface area contributed by atoms with Crippen molar-refractivity contribution >= 4 is 44.9 Å². The topological polar surface area (TPSA) is 87.8 Å². The normalized spacial score (nSPS) is 13.3. The first-order valence-corrected chi connectivity index (χ1v) is 12.0. The summed E-state index contributed by atoms with van der Waals surface area (Å²) < 4.78 is 1.61. The molecule has 0 aliphatic heterocycles. The van der Waals surface area contributed by atoms with Gasteiger partial charge in [0.25, 0.3) is 5.56 Å². The Balaban J connectivity index is 1.60. The lowest BCUT2D eigenvalue weighted by Crippen LogP contribution is -2.24. The summed E-state index contributed by atoms with van der Waals surface area (Å²) in [5.74, 6) is -0.113. The van der Waals surface area contributed by atoms with Gasteiger partial charge in [-0.2, -0.15) is 5.26 Å². The lowest BCUT2D eigenvalue weighted by Gasteiger charge is -2.11. The van der Waals surface area contributed by atoms with Gasteiger partial charge < -0.3 is 5.32 Å². The van der Waals surface area contributed by atoms with Crippen LogP contribution in [-0.4, -0.2) is 21.2 Å². The Morgan fingerprint density at radius 2 is 2.19 bits per heavy atom. The van der Waals surface area contributed by atoms with Gasteiger partial charge in [0.1, 0.15) is 4.83 Å². The minimum atomic E-state index is -0.221. The molecule has 0 bridgehead atoms. The van der Waals surface area contributed by atoms with Crippen molar-refractivity contribution < 1.29 is 4.79 Å². The summed E-state index contributed by atoms with van der Waals surface area (Å²) in [6.07, 6.45) is 7.05. The fraction of sp³-hybridized carbons (Fsp3) is 0.304. The number of fused-ring (bicyclic) bond motifs is 3. The van der Waals surface area contributed by atoms with Crippen molar-refractivity contribution in [2.24, 2.45) is 0 Å². The molecule has 1 aliphatic rings. The van der Waals surface area contributed by atoms with Crippen molar-refractivity contribution in [2.75, 3.05) is 11.1 Å². The zero-order valence-electron chi connectivity index (χ0n) is 17.0. The second-order valence-corrected chi connectivity index (χ2v) is 9.40. The van der Waals surface area contributed by atoms with Gasteiger partial charge in [-0.15, -0.1) is 17.9 Å². The minimum absolute atomic E-state index is 0.0473. The number of benzene rings is 1. The Bertz CT molecular complexity index is 1250. The molecular formula is C23H22N4O2S2. The molecule has 0 saturated carbocycles. The molecule has 1 aromatic carbocycles. The number of thiophene rings is 1. The van der Waals surface area contributed by atoms with Crippen LogP contribution in [0, 0.1) is 11.3 Å². The molecule has 0 radical (unpaired) electrons. The molecule has 2 aromatic heterocycles. The Labute approximate surface area is 188 Å². The van der Waals surface area contributed by atoms with Gasteiger partial charge in [0.2, 0.25) is 5.91 Å². The molecule has 4 rings (SSSR count). The molecule has 6 nitrogen and oxygen atoms in total. The highest BCUT2D eigenvalue weighted by molar-refractivity contribution is 7.99. The predicted molar refractivity (Wildman–Crippen MR) is 126 cm³/mol. The number of allylic oxidation sites excluding steroid dienone is 1. The van der Waals surface area contributed by atoms with Crippen LogP contribution < -0.4 is 10.9 Å². The molecule has 1 aliphatic carbocycles. The van der Waals surface area contributed by atoms with Crippen LogP contribution in [0.4, 0.5) is 5.69 Å². The molecule has 31 heavy (non-hydrogen) atoms. The van der Waals surface area contributed by atoms with Crippen LogP contribution >= 0.6 is 23.1 Å². The summed E-state index contributed by atoms with van der Waals surface area (Å²) >= 11 is 2.85. The van der Waals surface area contributed by atoms with Crippen molar-refractivity contribution in [3.8, 4) is 6.07 Å². The van der Waals surface area contributed by atoms with Gasteiger partial charge >= 0.3 is 0 Å². The van der Waals surface area contributed by atoms with Crippen molar-refractivity contribution in [3.05, 3.63) is 63.3 Å². The summed E-state index contributed by atoms with van der Waals surface area (Å²) in [6.45, 7) is 4.12. The second kappa shape index (κ2) is 9.50. The molecular weight excluding hydrogens is 428 g/mol. The van der Waals surface area contributed by atoms with Crippen LogP contribution in [0.5, 0.6) is 0 Å². The number of nitriles is 1. The van der Waals surface area contributed by atoms with Gasteiger partial charge in [-0.05, 0) is 49.4 Å². The van der Waals surface area contributed by atoms with Gasteiger partial charge in [-0.3, -0.25) is 14.2 Å². The summed E-state index contributed by atoms with van der Waals surface area (Å²) in [5, 5.41) is 13.1. The SMILES string of the molecule is C=CCn1c(SCC(=O)Nc2cccc(C#N)c2)nc2sc3c(c2c1=O)CCCCC3. The number of carbonyl (C=O) groups excluding carboxylic acids is 1. The smallest absolute Gasteiger partial charge is 0.263 e. The Kier molecular flexibility index (Phi) is 6.54. The van der Waals surface area contributed by atoms with Gasteiger partial charge in [-0.1, -0.05) is 30.3 Å². The van der Waals surface area contributed by atoms with Crippen LogP contribution in [0.3, 0.4) is 0 Å². The van der Waals surface area contributed by atoms with E-state index in [1.54, 1.807) is 46.2 Å². The number of nitrogens with one attached hydrogen (secondary N) is 1. The fourth-order valence-corrected chi connectivity index (χ4v) is 5.90. The molecule has 0 atom stereocenters. The van der Waals surface area contributed by atoms with Crippen LogP contribution in [-0.2, 0) is 24.2 Å². The Hall–Kier alpha value is -2.89. The van der Waals surface area contributed by atoms with Crippen LogP contribution in [0.15, 0.2) is 46.9 Å². The minimum Gasteiger partial charge on any atom is -0.325 e. The molecule has 0 fully saturated rings. The molecule has 3 aromatic rings. The number of aromatic nitrogens is 2. The van der Waals surface area contributed by atoms with Crippen LogP contribution in [0.2, 0.25) is 0 Å². The number of anilines is 1. The number of nitrogens with zero attached hydrogens (tertiary/aromatic N) is 3. The van der Waals surface area contributed by atoms with Gasteiger partial charge in [0.05, 0.1) is 22.8 Å². The van der Waals surface area contributed by atoms with Crippen LogP contribution in [0.1, 0.15) is 35.3 Å². The third-order valence-corrected chi connectivity index (χ3v) is 7.37. The molecule has 0 unspecified atom stereocenters. The zero-order valence-corrected chi connectivity index (χ0v) is 18.7. The fourth-order valence-electron chi connectivity index (χ4n) is 3.79. The zero-order chi connectivity index (χ0) is 21.8. The number of thioether (sulfide) groups is 1. The average molecular weight is 451 g/mol. The summed E-state index contributed by atoms with van der Waals surface area (Å²) in [5.41, 5.74) is 2.17. The maximum Gasteiger partial charge on any atom is 0.263 e. The largest absolute Gasteiger partial charge is 0.325 e. The number of rotatable bonds is 6. The van der Waals surface area contributed by atoms with E-state index in [4.69, 9.17) is 10.2 Å². The number of carbonyl (C=O) groups is 1. The number of hydrogen-bond donors (Lipinski definition) is 1. The number of aryl methyl sites for hydroxylation is 2. The van der Waals surface area contributed by atoms with E-state index in [-0.39, 0.29) is 17.2 Å². The van der Waals surface area contributed by atoms with Gasteiger partial charge in [0.15, 0.2) is 5.16 Å². The van der Waals surface area contributed by atoms with E-state index < -0.39 is 0 Å². The van der Waals surface area contributed by atoms with Crippen LogP contribution in [0.25, 0.3) is 10.2 Å². The number of amides is 1. The lowest BCUT2D eigenvalue weighted by atomic mass is 10.1. The quantitative estimate of drug-likeness (QED) is 0.258. The Morgan fingerprint density at radius 1 is 1.35 bits per heavy atom. The molecule has 8 heteroatoms. The summed E-state index contributed by atoms with van der Waals surface area (Å²) in [4.78, 5) is 32.6. The predicted octanol–water partition coefficient (Wildman–Crippen LogP) is 4.52. The first kappa shape index (κ1) is 21.3. The van der Waals surface area contributed by atoms with Gasteiger partial charge in [0, 0.05) is 17.1 Å². The number of hydrogen-bond acceptors (Lipinski definition) is 6. The summed E-state index contributed by atoms with van der Waals surface area (Å²) in [7, 11) is 0. The second-order valence-electron chi connectivity index (χ2n) is 7.37. The molecule has 1 N–H and O–H groups in total. The highest BCUT2D eigenvalue weighted by Crippen LogP contribution is 2.34. The first-order chi connectivity index (χ1) is 15.1. The van der Waals surface area contributed by atoms with Crippen molar-refractivity contribution in [1.82, 2.24) is 9.55 Å². The first-order valence-electron chi connectivity index (χ1n) is 10.2. The van der Waals surface area contributed by atoms with E-state index >= 15 is 0 Å². The third-order valence-electron chi connectivity index (χ3n) is 5.21. The highest BCUT2D eigenvalue weighted by Gasteiger charge is 2.21. The average Bonchev–Trinajstić information content (AvgIpc) is 2.95. The maximum absolute atomic E-state index is 13.3. The molecule has 158 valence electrons. The van der Waals surface area contributed by atoms with Gasteiger partial charge in [-0.25, -0.2) is 4.98 Å². The van der Waals surface area contributed by atoms with E-state index in [1.165, 1.54) is 28.6 Å². The molecule has 0 saturated heterocycles. The highest BCUT2D eigenvalue weighted by atomic mass is 32.2. The third kappa shape index (κ3) is 4.58. The van der Waals surface area contributed by atoms with Crippen molar-refractivity contribution in [1.29, 1.82) is 5.26 Å². The van der Waals surface area contributed by atoms with E-state index in [9.17, 15) is 9.59 Å². The standard InChI is InChI=1S/C23H22N4O2S2/c1-2-11-27-22(29)20-17-9-4-3-5-10-18(17)31-21(20)26-23(27)30-14-19(28)25-16-8-6-7-15(12-16)13-24/h2,6-8,12H,1,3-5,9-11,14H2,(H,25,28). The van der Waals surface area contributed by atoms with E-state index in [0.717, 1.165) is 35.9 Å². The summed E-state index contributed by atoms with van der Waals surface area (Å²) in [6, 6.07) is 8.82.